The minimum Gasteiger partial charge on any atom is -0.299 e. The largest absolute Gasteiger partial charge is 0.299 e. The second-order valence-corrected chi connectivity index (χ2v) is 10.5. The molecule has 0 spiro atoms. The molecule has 0 fully saturated rings. The van der Waals surface area contributed by atoms with Crippen LogP contribution in [0.1, 0.15) is 187 Å². The van der Waals surface area contributed by atoms with E-state index in [1.807, 2.05) is 0 Å². The third-order valence-electron chi connectivity index (χ3n) is 7.01. The Labute approximate surface area is 208 Å². The van der Waals surface area contributed by atoms with Crippen molar-refractivity contribution in [2.45, 2.75) is 187 Å². The summed E-state index contributed by atoms with van der Waals surface area (Å²) >= 11 is 0. The van der Waals surface area contributed by atoms with E-state index >= 15 is 0 Å². The molecule has 0 aromatic carbocycles. The van der Waals surface area contributed by atoms with Crippen molar-refractivity contribution in [1.82, 2.24) is 0 Å². The van der Waals surface area contributed by atoms with Gasteiger partial charge in [0, 0.05) is 12.8 Å². The summed E-state index contributed by atoms with van der Waals surface area (Å²) in [7, 11) is 0. The number of ketones is 2. The Morgan fingerprint density at radius 2 is 0.545 bits per heavy atom. The summed E-state index contributed by atoms with van der Waals surface area (Å²) in [6.07, 6.45) is 32.9. The topological polar surface area (TPSA) is 34.1 Å². The molecule has 0 saturated heterocycles. The highest BCUT2D eigenvalue weighted by Crippen LogP contribution is 2.14. The maximum absolute atomic E-state index is 12.0. The van der Waals surface area contributed by atoms with Gasteiger partial charge < -0.3 is 0 Å². The molecule has 0 unspecified atom stereocenters. The number of rotatable bonds is 28. The third-order valence-corrected chi connectivity index (χ3v) is 7.01. The predicted octanol–water partition coefficient (Wildman–Crippen LogP) is 10.7. The van der Waals surface area contributed by atoms with Gasteiger partial charge in [-0.2, -0.15) is 0 Å². The summed E-state index contributed by atoms with van der Waals surface area (Å²) in [4.78, 5) is 24.1. The van der Waals surface area contributed by atoms with Crippen LogP contribution in [0.4, 0.5) is 0 Å². The van der Waals surface area contributed by atoms with E-state index < -0.39 is 0 Å². The van der Waals surface area contributed by atoms with Gasteiger partial charge in [0.25, 0.3) is 0 Å². The van der Waals surface area contributed by atoms with Gasteiger partial charge >= 0.3 is 0 Å². The fraction of sp³-hybridized carbons (Fsp3) is 0.935. The lowest BCUT2D eigenvalue weighted by molar-refractivity contribution is -0.127. The summed E-state index contributed by atoms with van der Waals surface area (Å²) < 4.78 is 0. The lowest BCUT2D eigenvalue weighted by Crippen LogP contribution is -2.07. The quantitative estimate of drug-likeness (QED) is 0.0852. The Bertz CT molecular complexity index is 415. The van der Waals surface area contributed by atoms with Crippen molar-refractivity contribution in [3.8, 4) is 0 Å². The van der Waals surface area contributed by atoms with E-state index in [2.05, 4.69) is 13.8 Å². The average Bonchev–Trinajstić information content (AvgIpc) is 2.80. The highest BCUT2D eigenvalue weighted by molar-refractivity contribution is 5.98. The molecule has 2 nitrogen and oxygen atoms in total. The molecule has 0 atom stereocenters. The molecule has 0 aliphatic rings. The summed E-state index contributed by atoms with van der Waals surface area (Å²) in [6.45, 7) is 4.54. The molecule has 0 heterocycles. The Morgan fingerprint density at radius 1 is 0.333 bits per heavy atom. The maximum atomic E-state index is 12.0. The molecule has 0 saturated carbocycles. The smallest absolute Gasteiger partial charge is 0.140 e. The first-order valence-electron chi connectivity index (χ1n) is 15.2. The van der Waals surface area contributed by atoms with Gasteiger partial charge in [-0.25, -0.2) is 0 Å². The van der Waals surface area contributed by atoms with Gasteiger partial charge in [-0.3, -0.25) is 9.59 Å². The summed E-state index contributed by atoms with van der Waals surface area (Å²) in [5.74, 6) is 0.344. The van der Waals surface area contributed by atoms with E-state index in [1.165, 1.54) is 128 Å². The molecule has 0 bridgehead atoms. The number of carbonyl (C=O) groups is 2. The molecule has 33 heavy (non-hydrogen) atoms. The number of Topliss-reactive ketones (excluding diaryl/α,β-unsaturated/α-hetero) is 2. The third kappa shape index (κ3) is 27.5. The highest BCUT2D eigenvalue weighted by Gasteiger charge is 2.09. The first kappa shape index (κ1) is 32.3. The second kappa shape index (κ2) is 27.6. The zero-order valence-electron chi connectivity index (χ0n) is 22.9. The molecule has 0 N–H and O–H groups in total. The van der Waals surface area contributed by atoms with E-state index in [-0.39, 0.29) is 18.0 Å². The van der Waals surface area contributed by atoms with Crippen molar-refractivity contribution >= 4 is 11.6 Å². The van der Waals surface area contributed by atoms with Crippen LogP contribution in [0.15, 0.2) is 0 Å². The van der Waals surface area contributed by atoms with Gasteiger partial charge in [0.1, 0.15) is 11.6 Å². The average molecular weight is 465 g/mol. The van der Waals surface area contributed by atoms with Crippen molar-refractivity contribution in [2.24, 2.45) is 0 Å². The zero-order valence-corrected chi connectivity index (χ0v) is 22.9. The first-order chi connectivity index (χ1) is 16.2. The van der Waals surface area contributed by atoms with Gasteiger partial charge in [0.05, 0.1) is 6.42 Å². The fourth-order valence-electron chi connectivity index (χ4n) is 4.72. The van der Waals surface area contributed by atoms with Crippen molar-refractivity contribution in [3.63, 3.8) is 0 Å². The van der Waals surface area contributed by atoms with Gasteiger partial charge in [0.2, 0.25) is 0 Å². The minimum atomic E-state index is 0.172. The molecule has 2 heteroatoms. The van der Waals surface area contributed by atoms with Crippen LogP contribution < -0.4 is 0 Å². The molecule has 0 aromatic heterocycles. The highest BCUT2D eigenvalue weighted by atomic mass is 16.1. The second-order valence-electron chi connectivity index (χ2n) is 10.5. The predicted molar refractivity (Wildman–Crippen MR) is 146 cm³/mol. The summed E-state index contributed by atoms with van der Waals surface area (Å²) in [5, 5.41) is 0. The molecular weight excluding hydrogens is 404 g/mol. The van der Waals surface area contributed by atoms with Gasteiger partial charge in [-0.1, -0.05) is 155 Å². The molecule has 196 valence electrons. The Balaban J connectivity index is 3.29. The van der Waals surface area contributed by atoms with E-state index in [4.69, 9.17) is 0 Å². The minimum absolute atomic E-state index is 0.172. The first-order valence-corrected chi connectivity index (χ1v) is 15.2. The van der Waals surface area contributed by atoms with E-state index in [9.17, 15) is 9.59 Å². The maximum Gasteiger partial charge on any atom is 0.140 e. The van der Waals surface area contributed by atoms with Crippen LogP contribution in [0.2, 0.25) is 0 Å². The molecule has 0 rings (SSSR count). The lowest BCUT2D eigenvalue weighted by Gasteiger charge is -2.04. The Kier molecular flexibility index (Phi) is 27.0. The molecule has 0 amide bonds. The van der Waals surface area contributed by atoms with Crippen LogP contribution in [0.25, 0.3) is 0 Å². The van der Waals surface area contributed by atoms with Crippen molar-refractivity contribution < 1.29 is 9.59 Å². The molecule has 0 radical (unpaired) electrons. The molecule has 0 aliphatic heterocycles. The normalized spacial score (nSPS) is 11.2. The number of carbonyl (C=O) groups excluding carboxylic acids is 2. The molecule has 0 aromatic rings. The van der Waals surface area contributed by atoms with E-state index in [0.717, 1.165) is 25.7 Å². The van der Waals surface area contributed by atoms with E-state index in [1.54, 1.807) is 0 Å². The van der Waals surface area contributed by atoms with Crippen LogP contribution in [0, 0.1) is 0 Å². The van der Waals surface area contributed by atoms with Crippen LogP contribution in [-0.2, 0) is 9.59 Å². The van der Waals surface area contributed by atoms with Gasteiger partial charge in [-0.05, 0) is 12.8 Å². The van der Waals surface area contributed by atoms with Crippen molar-refractivity contribution in [1.29, 1.82) is 0 Å². The van der Waals surface area contributed by atoms with Crippen molar-refractivity contribution in [3.05, 3.63) is 0 Å². The number of hydrogen-bond acceptors (Lipinski definition) is 2. The number of unbranched alkanes of at least 4 members (excludes halogenated alkanes) is 22. The van der Waals surface area contributed by atoms with Gasteiger partial charge in [-0.15, -0.1) is 0 Å². The monoisotopic (exact) mass is 464 g/mol. The van der Waals surface area contributed by atoms with E-state index in [0.29, 0.717) is 12.8 Å². The Morgan fingerprint density at radius 3 is 0.788 bits per heavy atom. The molecule has 0 aliphatic carbocycles. The van der Waals surface area contributed by atoms with Crippen LogP contribution in [0.3, 0.4) is 0 Å². The van der Waals surface area contributed by atoms with Crippen LogP contribution in [-0.4, -0.2) is 11.6 Å². The van der Waals surface area contributed by atoms with Crippen LogP contribution >= 0.6 is 0 Å². The Hall–Kier alpha value is -0.660. The number of hydrogen-bond donors (Lipinski definition) is 0. The fourth-order valence-corrected chi connectivity index (χ4v) is 4.72. The lowest BCUT2D eigenvalue weighted by atomic mass is 10.0. The van der Waals surface area contributed by atoms with Crippen molar-refractivity contribution in [2.75, 3.05) is 0 Å². The summed E-state index contributed by atoms with van der Waals surface area (Å²) in [5.41, 5.74) is 0. The van der Waals surface area contributed by atoms with Gasteiger partial charge in [0.15, 0.2) is 0 Å². The molecular formula is C31H60O2. The van der Waals surface area contributed by atoms with Crippen LogP contribution in [0.5, 0.6) is 0 Å². The zero-order chi connectivity index (χ0) is 24.2. The SMILES string of the molecule is CCCCCCCCCCCCCCCC(=O)CC(=O)CCCCCCCCCCCCC. The summed E-state index contributed by atoms with van der Waals surface area (Å²) in [6, 6.07) is 0. The standard InChI is InChI=1S/C31H60O2/c1-3-5-7-9-11-13-15-16-18-20-22-24-26-28-31(33)29-30(32)27-25-23-21-19-17-14-12-10-8-6-4-2/h3-29H2,1-2H3.